The Bertz CT molecular complexity index is 501. The molecule has 0 radical (unpaired) electrons. The van der Waals surface area contributed by atoms with E-state index in [1.807, 2.05) is 4.90 Å². The molecule has 1 amide bonds. The van der Waals surface area contributed by atoms with Gasteiger partial charge >= 0.3 is 0 Å². The molecule has 116 valence electrons. The number of amides is 1. The van der Waals surface area contributed by atoms with E-state index in [1.165, 1.54) is 0 Å². The molecule has 0 atom stereocenters. The van der Waals surface area contributed by atoms with Gasteiger partial charge in [0.1, 0.15) is 16.0 Å². The van der Waals surface area contributed by atoms with E-state index >= 15 is 0 Å². The molecule has 1 saturated carbocycles. The highest BCUT2D eigenvalue weighted by atomic mass is 79.9. The van der Waals surface area contributed by atoms with Gasteiger partial charge in [-0.25, -0.2) is 0 Å². The van der Waals surface area contributed by atoms with Crippen molar-refractivity contribution in [2.75, 3.05) is 20.8 Å². The summed E-state index contributed by atoms with van der Waals surface area (Å²) in [5.74, 6) is 1.72. The van der Waals surface area contributed by atoms with Gasteiger partial charge in [0.25, 0.3) is 5.91 Å². The fourth-order valence-electron chi connectivity index (χ4n) is 2.34. The van der Waals surface area contributed by atoms with Gasteiger partial charge in [0.15, 0.2) is 0 Å². The smallest absolute Gasteiger partial charge is 0.254 e. The van der Waals surface area contributed by atoms with Crippen LogP contribution in [-0.4, -0.2) is 37.6 Å². The maximum Gasteiger partial charge on any atom is 0.254 e. The van der Waals surface area contributed by atoms with E-state index < -0.39 is 0 Å². The highest BCUT2D eigenvalue weighted by Crippen LogP contribution is 2.37. The van der Waals surface area contributed by atoms with Gasteiger partial charge in [0.2, 0.25) is 0 Å². The number of benzene rings is 1. The highest BCUT2D eigenvalue weighted by Gasteiger charge is 2.33. The molecule has 0 spiro atoms. The van der Waals surface area contributed by atoms with Crippen molar-refractivity contribution >= 4 is 21.8 Å². The van der Waals surface area contributed by atoms with E-state index in [0.29, 0.717) is 29.0 Å². The molecule has 21 heavy (non-hydrogen) atoms. The van der Waals surface area contributed by atoms with Gasteiger partial charge in [-0.15, -0.1) is 0 Å². The van der Waals surface area contributed by atoms with Crippen LogP contribution in [0.4, 0.5) is 0 Å². The van der Waals surface area contributed by atoms with Crippen LogP contribution >= 0.6 is 15.9 Å². The van der Waals surface area contributed by atoms with Gasteiger partial charge in [-0.05, 0) is 46.8 Å². The Morgan fingerprint density at radius 1 is 1.29 bits per heavy atom. The number of carbonyl (C=O) groups excluding carboxylic acids is 1. The van der Waals surface area contributed by atoms with Crippen molar-refractivity contribution in [2.45, 2.75) is 32.7 Å². The molecule has 0 unspecified atom stereocenters. The normalized spacial score (nSPS) is 14.2. The molecule has 1 aliphatic carbocycles. The lowest BCUT2D eigenvalue weighted by Gasteiger charge is -2.25. The lowest BCUT2D eigenvalue weighted by Crippen LogP contribution is -2.36. The molecule has 0 bridgehead atoms. The predicted molar refractivity (Wildman–Crippen MR) is 86.1 cm³/mol. The summed E-state index contributed by atoms with van der Waals surface area (Å²) in [4.78, 5) is 14.8. The molecule has 0 aliphatic heterocycles. The van der Waals surface area contributed by atoms with E-state index in [0.717, 1.165) is 23.9 Å². The first-order valence-electron chi connectivity index (χ1n) is 7.20. The van der Waals surface area contributed by atoms with Crippen molar-refractivity contribution < 1.29 is 14.3 Å². The summed E-state index contributed by atoms with van der Waals surface area (Å²) in [6.45, 7) is 5.04. The molecule has 0 saturated heterocycles. The number of methoxy groups -OCH3 is 2. The minimum atomic E-state index is 0.0512. The van der Waals surface area contributed by atoms with Crippen molar-refractivity contribution in [3.05, 3.63) is 22.2 Å². The molecule has 1 fully saturated rings. The molecule has 0 heterocycles. The Morgan fingerprint density at radius 2 is 1.81 bits per heavy atom. The second kappa shape index (κ2) is 6.69. The fraction of sp³-hybridized carbons (Fsp3) is 0.562. The van der Waals surface area contributed by atoms with E-state index in [1.54, 1.807) is 26.4 Å². The average Bonchev–Trinajstić information content (AvgIpc) is 3.28. The molecule has 2 rings (SSSR count). The van der Waals surface area contributed by atoms with E-state index in [4.69, 9.17) is 9.47 Å². The second-order valence-electron chi connectivity index (χ2n) is 5.78. The van der Waals surface area contributed by atoms with Crippen LogP contribution < -0.4 is 9.47 Å². The van der Waals surface area contributed by atoms with Crippen LogP contribution in [0.1, 0.15) is 37.0 Å². The first-order chi connectivity index (χ1) is 9.97. The van der Waals surface area contributed by atoms with Crippen LogP contribution in [0.25, 0.3) is 0 Å². The van der Waals surface area contributed by atoms with E-state index in [2.05, 4.69) is 29.8 Å². The highest BCUT2D eigenvalue weighted by molar-refractivity contribution is 9.10. The molecule has 0 aromatic heterocycles. The average molecular weight is 356 g/mol. The van der Waals surface area contributed by atoms with Gasteiger partial charge in [-0.2, -0.15) is 0 Å². The van der Waals surface area contributed by atoms with Gasteiger partial charge < -0.3 is 14.4 Å². The largest absolute Gasteiger partial charge is 0.495 e. The summed E-state index contributed by atoms with van der Waals surface area (Å²) in [5, 5.41) is 0. The summed E-state index contributed by atoms with van der Waals surface area (Å²) in [6.07, 6.45) is 2.20. The van der Waals surface area contributed by atoms with Crippen molar-refractivity contribution in [3.63, 3.8) is 0 Å². The molecular formula is C16H22BrNO3. The summed E-state index contributed by atoms with van der Waals surface area (Å²) < 4.78 is 11.4. The first-order valence-corrected chi connectivity index (χ1v) is 7.99. The third-order valence-electron chi connectivity index (χ3n) is 3.50. The number of halogens is 1. The standard InChI is InChI=1S/C16H22BrNO3/c1-10(2)9-18(12-5-6-12)16(19)11-7-13(20-3)15(17)14(8-11)21-4/h7-8,10,12H,5-6,9H2,1-4H3. The van der Waals surface area contributed by atoms with Gasteiger partial charge in [-0.3, -0.25) is 4.79 Å². The van der Waals surface area contributed by atoms with Gasteiger partial charge in [0.05, 0.1) is 14.2 Å². The Labute approximate surface area is 134 Å². The summed E-state index contributed by atoms with van der Waals surface area (Å²) >= 11 is 3.43. The van der Waals surface area contributed by atoms with Crippen LogP contribution in [0, 0.1) is 5.92 Å². The van der Waals surface area contributed by atoms with Crippen LogP contribution in [0.15, 0.2) is 16.6 Å². The van der Waals surface area contributed by atoms with Crippen LogP contribution in [0.2, 0.25) is 0 Å². The first kappa shape index (κ1) is 16.1. The summed E-state index contributed by atoms with van der Waals surface area (Å²) in [5.41, 5.74) is 0.611. The maximum absolute atomic E-state index is 12.8. The van der Waals surface area contributed by atoms with Crippen LogP contribution in [0.3, 0.4) is 0 Å². The van der Waals surface area contributed by atoms with Crippen molar-refractivity contribution in [2.24, 2.45) is 5.92 Å². The van der Waals surface area contributed by atoms with Gasteiger partial charge in [-0.1, -0.05) is 13.8 Å². The molecule has 0 N–H and O–H groups in total. The van der Waals surface area contributed by atoms with Crippen LogP contribution in [0.5, 0.6) is 11.5 Å². The summed E-state index contributed by atoms with van der Waals surface area (Å²) in [7, 11) is 3.17. The minimum Gasteiger partial charge on any atom is -0.495 e. The number of ether oxygens (including phenoxy) is 2. The van der Waals surface area contributed by atoms with Gasteiger partial charge in [0, 0.05) is 18.2 Å². The number of hydrogen-bond donors (Lipinski definition) is 0. The molecule has 1 aliphatic rings. The molecule has 5 heteroatoms. The molecular weight excluding hydrogens is 334 g/mol. The zero-order chi connectivity index (χ0) is 15.6. The SMILES string of the molecule is COc1cc(C(=O)N(CC(C)C)C2CC2)cc(OC)c1Br. The minimum absolute atomic E-state index is 0.0512. The number of hydrogen-bond acceptors (Lipinski definition) is 3. The van der Waals surface area contributed by atoms with Crippen molar-refractivity contribution in [1.29, 1.82) is 0 Å². The topological polar surface area (TPSA) is 38.8 Å². The second-order valence-corrected chi connectivity index (χ2v) is 6.57. The number of nitrogens with zero attached hydrogens (tertiary/aromatic N) is 1. The Hall–Kier alpha value is -1.23. The Balaban J connectivity index is 2.32. The van der Waals surface area contributed by atoms with Crippen molar-refractivity contribution in [3.8, 4) is 11.5 Å². The van der Waals surface area contributed by atoms with Crippen LogP contribution in [-0.2, 0) is 0 Å². The number of rotatable bonds is 6. The van der Waals surface area contributed by atoms with E-state index in [9.17, 15) is 4.79 Å². The molecule has 4 nitrogen and oxygen atoms in total. The van der Waals surface area contributed by atoms with E-state index in [-0.39, 0.29) is 5.91 Å². The zero-order valence-corrected chi connectivity index (χ0v) is 14.6. The third-order valence-corrected chi connectivity index (χ3v) is 4.28. The zero-order valence-electron chi connectivity index (χ0n) is 13.0. The lowest BCUT2D eigenvalue weighted by atomic mass is 10.1. The third kappa shape index (κ3) is 3.70. The number of carbonyl (C=O) groups is 1. The quantitative estimate of drug-likeness (QED) is 0.780. The monoisotopic (exact) mass is 355 g/mol. The fourth-order valence-corrected chi connectivity index (χ4v) is 2.89. The Morgan fingerprint density at radius 3 is 2.19 bits per heavy atom. The lowest BCUT2D eigenvalue weighted by molar-refractivity contribution is 0.0721. The molecule has 1 aromatic rings. The Kier molecular flexibility index (Phi) is 5.14. The predicted octanol–water partition coefficient (Wildman–Crippen LogP) is 3.73. The summed E-state index contributed by atoms with van der Waals surface area (Å²) in [6, 6.07) is 3.93. The van der Waals surface area contributed by atoms with Crippen molar-refractivity contribution in [1.82, 2.24) is 4.90 Å². The molecule has 1 aromatic carbocycles. The maximum atomic E-state index is 12.8.